The molecule has 1 aliphatic rings. The fourth-order valence-electron chi connectivity index (χ4n) is 2.69. The Bertz CT molecular complexity index is 246. The molecule has 0 aliphatic carbocycles. The van der Waals surface area contributed by atoms with E-state index in [4.69, 9.17) is 0 Å². The average molecular weight is 294 g/mol. The summed E-state index contributed by atoms with van der Waals surface area (Å²) < 4.78 is 37.6. The third-order valence-corrected chi connectivity index (χ3v) is 4.00. The van der Waals surface area contributed by atoms with Gasteiger partial charge in [0.2, 0.25) is 0 Å². The first-order chi connectivity index (χ1) is 9.39. The van der Waals surface area contributed by atoms with Gasteiger partial charge in [-0.25, -0.2) is 0 Å². The van der Waals surface area contributed by atoms with Crippen LogP contribution in [0.25, 0.3) is 0 Å². The van der Waals surface area contributed by atoms with Gasteiger partial charge in [0.05, 0.1) is 5.92 Å². The molecular weight excluding hydrogens is 265 g/mol. The highest BCUT2D eigenvalue weighted by atomic mass is 19.4. The zero-order chi connectivity index (χ0) is 15.0. The van der Waals surface area contributed by atoms with Crippen molar-refractivity contribution in [2.45, 2.75) is 64.6 Å². The predicted molar refractivity (Wildman–Crippen MR) is 76.8 cm³/mol. The Hall–Kier alpha value is -0.290. The number of hydrogen-bond donors (Lipinski definition) is 1. The van der Waals surface area contributed by atoms with Crippen molar-refractivity contribution in [2.75, 3.05) is 26.2 Å². The number of nitrogens with one attached hydrogen (secondary N) is 1. The van der Waals surface area contributed by atoms with Crippen molar-refractivity contribution in [1.29, 1.82) is 0 Å². The maximum Gasteiger partial charge on any atom is 0.391 e. The third-order valence-electron chi connectivity index (χ3n) is 4.00. The van der Waals surface area contributed by atoms with Crippen molar-refractivity contribution < 1.29 is 13.2 Å². The van der Waals surface area contributed by atoms with Gasteiger partial charge >= 0.3 is 6.18 Å². The molecule has 1 heterocycles. The number of alkyl halides is 3. The van der Waals surface area contributed by atoms with E-state index < -0.39 is 12.1 Å². The molecule has 0 saturated carbocycles. The van der Waals surface area contributed by atoms with Crippen molar-refractivity contribution in [2.24, 2.45) is 5.92 Å². The van der Waals surface area contributed by atoms with E-state index in [0.29, 0.717) is 19.1 Å². The Kier molecular flexibility index (Phi) is 7.88. The monoisotopic (exact) mass is 294 g/mol. The summed E-state index contributed by atoms with van der Waals surface area (Å²) in [5.41, 5.74) is 0. The smallest absolute Gasteiger partial charge is 0.315 e. The van der Waals surface area contributed by atoms with Gasteiger partial charge in [0.25, 0.3) is 0 Å². The zero-order valence-corrected chi connectivity index (χ0v) is 12.8. The molecule has 120 valence electrons. The fraction of sp³-hybridized carbons (Fsp3) is 1.00. The lowest BCUT2D eigenvalue weighted by Gasteiger charge is -2.32. The van der Waals surface area contributed by atoms with Gasteiger partial charge in [-0.15, -0.1) is 0 Å². The van der Waals surface area contributed by atoms with E-state index >= 15 is 0 Å². The van der Waals surface area contributed by atoms with Crippen LogP contribution >= 0.6 is 0 Å². The zero-order valence-electron chi connectivity index (χ0n) is 12.8. The minimum atomic E-state index is -3.99. The number of piperidine rings is 1. The van der Waals surface area contributed by atoms with Crippen LogP contribution in [0.1, 0.15) is 52.4 Å². The molecule has 0 bridgehead atoms. The van der Waals surface area contributed by atoms with Crippen LogP contribution in [0.15, 0.2) is 0 Å². The van der Waals surface area contributed by atoms with Crippen LogP contribution in [-0.4, -0.2) is 43.3 Å². The Balaban J connectivity index is 1.97. The first kappa shape index (κ1) is 17.8. The molecule has 1 N–H and O–H groups in total. The van der Waals surface area contributed by atoms with Gasteiger partial charge in [-0.2, -0.15) is 13.2 Å². The number of likely N-dealkylation sites (tertiary alicyclic amines) is 1. The molecule has 0 spiro atoms. The van der Waals surface area contributed by atoms with Crippen molar-refractivity contribution in [1.82, 2.24) is 10.2 Å². The van der Waals surface area contributed by atoms with Gasteiger partial charge in [-0.3, -0.25) is 0 Å². The largest absolute Gasteiger partial charge is 0.391 e. The molecule has 5 heteroatoms. The second-order valence-electron chi connectivity index (χ2n) is 6.18. The van der Waals surface area contributed by atoms with E-state index in [1.165, 1.54) is 19.3 Å². The second-order valence-corrected chi connectivity index (χ2v) is 6.18. The summed E-state index contributed by atoms with van der Waals surface area (Å²) in [6.07, 6.45) is 1.25. The molecule has 0 atom stereocenters. The molecule has 0 aromatic heterocycles. The Labute approximate surface area is 121 Å². The summed E-state index contributed by atoms with van der Waals surface area (Å²) in [7, 11) is 0. The number of hydrogen-bond acceptors (Lipinski definition) is 2. The van der Waals surface area contributed by atoms with Crippen molar-refractivity contribution >= 4 is 0 Å². The van der Waals surface area contributed by atoms with E-state index in [0.717, 1.165) is 19.5 Å². The second kappa shape index (κ2) is 8.88. The predicted octanol–water partition coefficient (Wildman–Crippen LogP) is 3.82. The summed E-state index contributed by atoms with van der Waals surface area (Å²) >= 11 is 0. The SMILES string of the molecule is CC(C)NCCCCCCN1CCC(C(F)(F)F)CC1. The number of unbranched alkanes of at least 4 members (excludes halogenated alkanes) is 3. The Morgan fingerprint density at radius 3 is 2.20 bits per heavy atom. The van der Waals surface area contributed by atoms with E-state index in [-0.39, 0.29) is 12.8 Å². The van der Waals surface area contributed by atoms with E-state index in [1.54, 1.807) is 0 Å². The number of halogens is 3. The van der Waals surface area contributed by atoms with Gasteiger partial charge in [0, 0.05) is 6.04 Å². The molecule has 0 unspecified atom stereocenters. The summed E-state index contributed by atoms with van der Waals surface area (Å²) in [6, 6.07) is 0.546. The molecule has 0 radical (unpaired) electrons. The van der Waals surface area contributed by atoms with Crippen LogP contribution in [0.5, 0.6) is 0 Å². The van der Waals surface area contributed by atoms with Crippen LogP contribution in [0.3, 0.4) is 0 Å². The first-order valence-electron chi connectivity index (χ1n) is 7.92. The lowest BCUT2D eigenvalue weighted by molar-refractivity contribution is -0.185. The normalized spacial score (nSPS) is 18.9. The van der Waals surface area contributed by atoms with Crippen LogP contribution < -0.4 is 5.32 Å². The van der Waals surface area contributed by atoms with Crippen LogP contribution in [0, 0.1) is 5.92 Å². The maximum absolute atomic E-state index is 12.5. The highest BCUT2D eigenvalue weighted by Gasteiger charge is 2.40. The standard InChI is InChI=1S/C15H29F3N2/c1-13(2)19-9-5-3-4-6-10-20-11-7-14(8-12-20)15(16,17)18/h13-14,19H,3-12H2,1-2H3. The molecule has 20 heavy (non-hydrogen) atoms. The van der Waals surface area contributed by atoms with Crippen LogP contribution in [-0.2, 0) is 0 Å². The minimum Gasteiger partial charge on any atom is -0.315 e. The van der Waals surface area contributed by atoms with Gasteiger partial charge in [-0.1, -0.05) is 26.7 Å². The van der Waals surface area contributed by atoms with Crippen molar-refractivity contribution in [3.8, 4) is 0 Å². The maximum atomic E-state index is 12.5. The lowest BCUT2D eigenvalue weighted by Crippen LogP contribution is -2.39. The quantitative estimate of drug-likeness (QED) is 0.685. The first-order valence-corrected chi connectivity index (χ1v) is 7.92. The number of nitrogens with zero attached hydrogens (tertiary/aromatic N) is 1. The van der Waals surface area contributed by atoms with Gasteiger partial charge in [0.15, 0.2) is 0 Å². The molecule has 0 amide bonds. The van der Waals surface area contributed by atoms with Gasteiger partial charge in [0.1, 0.15) is 0 Å². The molecule has 0 aromatic rings. The summed E-state index contributed by atoms with van der Waals surface area (Å²) in [6.45, 7) is 7.53. The molecule has 1 rings (SSSR count). The summed E-state index contributed by atoms with van der Waals surface area (Å²) in [4.78, 5) is 2.19. The summed E-state index contributed by atoms with van der Waals surface area (Å²) in [5.74, 6) is -1.07. The average Bonchev–Trinajstić information content (AvgIpc) is 2.37. The van der Waals surface area contributed by atoms with Gasteiger partial charge < -0.3 is 10.2 Å². The fourth-order valence-corrected chi connectivity index (χ4v) is 2.69. The van der Waals surface area contributed by atoms with Crippen LogP contribution in [0.4, 0.5) is 13.2 Å². The highest BCUT2D eigenvalue weighted by Crippen LogP contribution is 2.34. The molecule has 0 aromatic carbocycles. The van der Waals surface area contributed by atoms with E-state index in [9.17, 15) is 13.2 Å². The third kappa shape index (κ3) is 7.48. The lowest BCUT2D eigenvalue weighted by atomic mass is 9.96. The van der Waals surface area contributed by atoms with Crippen molar-refractivity contribution in [3.63, 3.8) is 0 Å². The molecule has 1 fully saturated rings. The molecule has 1 aliphatic heterocycles. The molecule has 1 saturated heterocycles. The Morgan fingerprint density at radius 2 is 1.65 bits per heavy atom. The minimum absolute atomic E-state index is 0.280. The van der Waals surface area contributed by atoms with E-state index in [1.807, 2.05) is 0 Å². The highest BCUT2D eigenvalue weighted by molar-refractivity contribution is 4.76. The topological polar surface area (TPSA) is 15.3 Å². The molecule has 2 nitrogen and oxygen atoms in total. The Morgan fingerprint density at radius 1 is 1.05 bits per heavy atom. The van der Waals surface area contributed by atoms with E-state index in [2.05, 4.69) is 24.1 Å². The number of rotatable bonds is 8. The van der Waals surface area contributed by atoms with Crippen LogP contribution in [0.2, 0.25) is 0 Å². The summed E-state index contributed by atoms with van der Waals surface area (Å²) in [5, 5.41) is 3.39. The van der Waals surface area contributed by atoms with Gasteiger partial charge in [-0.05, 0) is 51.9 Å². The van der Waals surface area contributed by atoms with Crippen molar-refractivity contribution in [3.05, 3.63) is 0 Å². The molecular formula is C15H29F3N2.